The van der Waals surface area contributed by atoms with Gasteiger partial charge < -0.3 is 5.73 Å². The van der Waals surface area contributed by atoms with Crippen LogP contribution in [-0.2, 0) is 0 Å². The summed E-state index contributed by atoms with van der Waals surface area (Å²) in [5.41, 5.74) is 7.47. The minimum absolute atomic E-state index is 0.0220. The van der Waals surface area contributed by atoms with Gasteiger partial charge in [0, 0.05) is 12.5 Å². The maximum atomic E-state index is 12.4. The molecule has 0 spiro atoms. The molecule has 106 valence electrons. The number of aromatic nitrogens is 2. The van der Waals surface area contributed by atoms with Crippen LogP contribution in [0.4, 0.5) is 0 Å². The molecule has 0 aliphatic carbocycles. The average Bonchev–Trinajstić information content (AvgIpc) is 2.87. The molecule has 0 aliphatic rings. The summed E-state index contributed by atoms with van der Waals surface area (Å²) in [6, 6.07) is 11.2. The van der Waals surface area contributed by atoms with E-state index in [2.05, 4.69) is 5.10 Å². The van der Waals surface area contributed by atoms with Crippen molar-refractivity contribution in [1.82, 2.24) is 9.78 Å². The zero-order valence-electron chi connectivity index (χ0n) is 12.2. The minimum atomic E-state index is -0.172. The van der Waals surface area contributed by atoms with Crippen LogP contribution < -0.4 is 5.73 Å². The van der Waals surface area contributed by atoms with Gasteiger partial charge in [0.2, 0.25) is 0 Å². The van der Waals surface area contributed by atoms with Crippen LogP contribution in [0.25, 0.3) is 5.69 Å². The Hall–Kier alpha value is -1.94. The maximum absolute atomic E-state index is 12.4. The fourth-order valence-electron chi connectivity index (χ4n) is 1.90. The molecule has 1 atom stereocenters. The van der Waals surface area contributed by atoms with Crippen LogP contribution in [0.3, 0.4) is 0 Å². The number of para-hydroxylation sites is 1. The zero-order valence-corrected chi connectivity index (χ0v) is 12.2. The van der Waals surface area contributed by atoms with Gasteiger partial charge in [-0.1, -0.05) is 39.0 Å². The Bertz CT molecular complexity index is 581. The number of benzene rings is 1. The molecule has 0 radical (unpaired) electrons. The quantitative estimate of drug-likeness (QED) is 0.870. The molecular formula is C16H21N3O. The maximum Gasteiger partial charge on any atom is 0.182 e. The number of nitrogens with zero attached hydrogens (tertiary/aromatic N) is 2. The molecule has 2 aromatic rings. The van der Waals surface area contributed by atoms with Gasteiger partial charge in [0.15, 0.2) is 5.78 Å². The Morgan fingerprint density at radius 1 is 1.25 bits per heavy atom. The highest BCUT2D eigenvalue weighted by molar-refractivity contribution is 5.95. The van der Waals surface area contributed by atoms with Gasteiger partial charge in [0.25, 0.3) is 0 Å². The van der Waals surface area contributed by atoms with Crippen LogP contribution in [-0.4, -0.2) is 21.6 Å². The summed E-state index contributed by atoms with van der Waals surface area (Å²) >= 11 is 0. The van der Waals surface area contributed by atoms with Crippen molar-refractivity contribution >= 4 is 5.78 Å². The highest BCUT2D eigenvalue weighted by atomic mass is 16.1. The number of hydrogen-bond donors (Lipinski definition) is 1. The molecule has 0 fully saturated rings. The first-order chi connectivity index (χ1) is 9.39. The van der Waals surface area contributed by atoms with E-state index in [9.17, 15) is 4.79 Å². The molecule has 1 aromatic heterocycles. The third-order valence-electron chi connectivity index (χ3n) is 3.45. The molecule has 0 aliphatic heterocycles. The van der Waals surface area contributed by atoms with Crippen LogP contribution in [0, 0.1) is 5.41 Å². The van der Waals surface area contributed by atoms with Gasteiger partial charge in [-0.25, -0.2) is 4.68 Å². The van der Waals surface area contributed by atoms with E-state index in [0.29, 0.717) is 12.1 Å². The molecule has 1 heterocycles. The Kier molecular flexibility index (Phi) is 4.04. The molecule has 0 saturated heterocycles. The van der Waals surface area contributed by atoms with Gasteiger partial charge in [-0.15, -0.1) is 0 Å². The summed E-state index contributed by atoms with van der Waals surface area (Å²) in [5, 5.41) is 4.23. The summed E-state index contributed by atoms with van der Waals surface area (Å²) in [6.45, 7) is 6.12. The topological polar surface area (TPSA) is 60.9 Å². The summed E-state index contributed by atoms with van der Waals surface area (Å²) in [6.07, 6.45) is 1.96. The number of rotatable bonds is 4. The van der Waals surface area contributed by atoms with Gasteiger partial charge in [0.05, 0.1) is 11.9 Å². The molecule has 1 aromatic carbocycles. The number of ketones is 1. The average molecular weight is 271 g/mol. The number of nitrogens with two attached hydrogens (primary N) is 1. The number of hydrogen-bond acceptors (Lipinski definition) is 3. The van der Waals surface area contributed by atoms with Crippen LogP contribution >= 0.6 is 0 Å². The molecule has 0 bridgehead atoms. The molecule has 0 amide bonds. The van der Waals surface area contributed by atoms with Crippen LogP contribution in [0.15, 0.2) is 42.6 Å². The van der Waals surface area contributed by atoms with Crippen molar-refractivity contribution in [2.24, 2.45) is 11.1 Å². The lowest BCUT2D eigenvalue weighted by molar-refractivity contribution is 0.0945. The van der Waals surface area contributed by atoms with Gasteiger partial charge in [0.1, 0.15) is 5.69 Å². The first-order valence-corrected chi connectivity index (χ1v) is 6.78. The predicted molar refractivity (Wildman–Crippen MR) is 79.9 cm³/mol. The summed E-state index contributed by atoms with van der Waals surface area (Å²) in [7, 11) is 0. The second-order valence-corrected chi connectivity index (χ2v) is 6.06. The monoisotopic (exact) mass is 271 g/mol. The second kappa shape index (κ2) is 5.59. The number of carbonyl (C=O) groups is 1. The van der Waals surface area contributed by atoms with E-state index in [4.69, 9.17) is 5.73 Å². The standard InChI is InChI=1S/C16H21N3O/c1-16(2,3)15(17)11-14(20)13-9-10-18-19(13)12-7-5-4-6-8-12/h4-10,15H,11,17H2,1-3H3. The van der Waals surface area contributed by atoms with Crippen molar-refractivity contribution in [2.75, 3.05) is 0 Å². The van der Waals surface area contributed by atoms with Crippen molar-refractivity contribution < 1.29 is 4.79 Å². The first kappa shape index (κ1) is 14.5. The molecule has 20 heavy (non-hydrogen) atoms. The first-order valence-electron chi connectivity index (χ1n) is 6.78. The largest absolute Gasteiger partial charge is 0.327 e. The van der Waals surface area contributed by atoms with E-state index < -0.39 is 0 Å². The third kappa shape index (κ3) is 3.14. The van der Waals surface area contributed by atoms with Crippen LogP contribution in [0.1, 0.15) is 37.7 Å². The minimum Gasteiger partial charge on any atom is -0.327 e. The lowest BCUT2D eigenvalue weighted by Gasteiger charge is -2.26. The fraction of sp³-hybridized carbons (Fsp3) is 0.375. The Morgan fingerprint density at radius 3 is 2.50 bits per heavy atom. The Morgan fingerprint density at radius 2 is 1.90 bits per heavy atom. The van der Waals surface area contributed by atoms with E-state index in [-0.39, 0.29) is 17.2 Å². The molecule has 2 N–H and O–H groups in total. The van der Waals surface area contributed by atoms with E-state index in [1.165, 1.54) is 0 Å². The van der Waals surface area contributed by atoms with E-state index in [1.807, 2.05) is 51.1 Å². The van der Waals surface area contributed by atoms with Gasteiger partial charge in [-0.2, -0.15) is 5.10 Å². The molecule has 2 rings (SSSR count). The third-order valence-corrected chi connectivity index (χ3v) is 3.45. The summed E-state index contributed by atoms with van der Waals surface area (Å²) in [4.78, 5) is 12.4. The van der Waals surface area contributed by atoms with Crippen LogP contribution in [0.2, 0.25) is 0 Å². The smallest absolute Gasteiger partial charge is 0.182 e. The van der Waals surface area contributed by atoms with Gasteiger partial charge in [-0.3, -0.25) is 4.79 Å². The zero-order chi connectivity index (χ0) is 14.8. The Labute approximate surface area is 119 Å². The highest BCUT2D eigenvalue weighted by Crippen LogP contribution is 2.22. The summed E-state index contributed by atoms with van der Waals surface area (Å²) < 4.78 is 1.66. The molecule has 0 saturated carbocycles. The molecular weight excluding hydrogens is 250 g/mol. The van der Waals surface area contributed by atoms with Crippen molar-refractivity contribution in [2.45, 2.75) is 33.2 Å². The van der Waals surface area contributed by atoms with E-state index in [0.717, 1.165) is 5.69 Å². The van der Waals surface area contributed by atoms with Crippen molar-refractivity contribution in [3.63, 3.8) is 0 Å². The van der Waals surface area contributed by atoms with Gasteiger partial charge in [-0.05, 0) is 23.6 Å². The van der Waals surface area contributed by atoms with Crippen LogP contribution in [0.5, 0.6) is 0 Å². The van der Waals surface area contributed by atoms with E-state index in [1.54, 1.807) is 16.9 Å². The Balaban J connectivity index is 2.23. The van der Waals surface area contributed by atoms with Crippen molar-refractivity contribution in [3.8, 4) is 5.69 Å². The highest BCUT2D eigenvalue weighted by Gasteiger charge is 2.25. The number of carbonyl (C=O) groups excluding carboxylic acids is 1. The predicted octanol–water partition coefficient (Wildman–Crippen LogP) is 2.82. The van der Waals surface area contributed by atoms with E-state index >= 15 is 0 Å². The number of Topliss-reactive ketones (excluding diaryl/α,β-unsaturated/α-hetero) is 1. The van der Waals surface area contributed by atoms with Crippen molar-refractivity contribution in [3.05, 3.63) is 48.3 Å². The molecule has 4 nitrogen and oxygen atoms in total. The summed E-state index contributed by atoms with van der Waals surface area (Å²) in [5.74, 6) is 0.0220. The normalized spacial score (nSPS) is 13.2. The second-order valence-electron chi connectivity index (χ2n) is 6.06. The fourth-order valence-corrected chi connectivity index (χ4v) is 1.90. The molecule has 4 heteroatoms. The lowest BCUT2D eigenvalue weighted by Crippen LogP contribution is -2.37. The van der Waals surface area contributed by atoms with Crippen molar-refractivity contribution in [1.29, 1.82) is 0 Å². The SMILES string of the molecule is CC(C)(C)C(N)CC(=O)c1ccnn1-c1ccccc1. The molecule has 1 unspecified atom stereocenters. The van der Waals surface area contributed by atoms with Gasteiger partial charge >= 0.3 is 0 Å². The lowest BCUT2D eigenvalue weighted by atomic mass is 9.84.